The van der Waals surface area contributed by atoms with E-state index in [2.05, 4.69) is 24.2 Å². The van der Waals surface area contributed by atoms with Gasteiger partial charge in [-0.1, -0.05) is 75.5 Å². The number of nitrogens with zero attached hydrogens (tertiary/aromatic N) is 2. The molecule has 0 bridgehead atoms. The number of aliphatic imine (C=N–C) groups is 1. The van der Waals surface area contributed by atoms with Crippen molar-refractivity contribution in [3.8, 4) is 0 Å². The van der Waals surface area contributed by atoms with Gasteiger partial charge >= 0.3 is 0 Å². The van der Waals surface area contributed by atoms with Crippen molar-refractivity contribution >= 4 is 17.3 Å². The molecule has 1 atom stereocenters. The summed E-state index contributed by atoms with van der Waals surface area (Å²) in [6.07, 6.45) is 7.08. The molecule has 1 N–H and O–H groups in total. The lowest BCUT2D eigenvalue weighted by atomic mass is 9.76. The van der Waals surface area contributed by atoms with Crippen LogP contribution in [0.1, 0.15) is 105 Å². The molecular weight excluding hydrogens is 452 g/mol. The molecule has 2 aliphatic rings. The highest BCUT2D eigenvalue weighted by Gasteiger charge is 2.37. The van der Waals surface area contributed by atoms with Crippen molar-refractivity contribution in [1.29, 1.82) is 0 Å². The second-order valence-electron chi connectivity index (χ2n) is 11.0. The number of unbranched alkanes of at least 4 members (excludes halogenated alkanes) is 3. The number of aliphatic hydroxyl groups excluding tert-OH is 1. The quantitative estimate of drug-likeness (QED) is 0.239. The lowest BCUT2D eigenvalue weighted by Crippen LogP contribution is -2.27. The number of benzene rings is 1. The lowest BCUT2D eigenvalue weighted by Gasteiger charge is -2.27. The summed E-state index contributed by atoms with van der Waals surface area (Å²) >= 11 is 0. The summed E-state index contributed by atoms with van der Waals surface area (Å²) in [6, 6.07) is 10.1. The molecule has 1 fully saturated rings. The molecule has 6 heteroatoms. The van der Waals surface area contributed by atoms with E-state index in [9.17, 15) is 14.7 Å². The SMILES string of the molecule is CCCCCCN=C1CC(c2ccccc2)CC(=O)/C1=C(/O)CCc1noc2c1C(=O)CC(C)(C)C2. The number of carbonyl (C=O) groups excluding carboxylic acids is 2. The number of carbonyl (C=O) groups is 2. The summed E-state index contributed by atoms with van der Waals surface area (Å²) in [4.78, 5) is 30.9. The van der Waals surface area contributed by atoms with Gasteiger partial charge in [0.15, 0.2) is 11.6 Å². The molecule has 0 amide bonds. The third-order valence-electron chi connectivity index (χ3n) is 7.30. The maximum atomic E-state index is 13.3. The van der Waals surface area contributed by atoms with Crippen LogP contribution in [0.5, 0.6) is 0 Å². The molecular formula is C30H38N2O4. The molecule has 0 spiro atoms. The summed E-state index contributed by atoms with van der Waals surface area (Å²) in [7, 11) is 0. The van der Waals surface area contributed by atoms with E-state index >= 15 is 0 Å². The Kier molecular flexibility index (Phi) is 8.22. The number of aryl methyl sites for hydroxylation is 1. The molecule has 1 saturated carbocycles. The Balaban J connectivity index is 1.54. The normalized spacial score (nSPS) is 22.1. The van der Waals surface area contributed by atoms with Crippen molar-refractivity contribution < 1.29 is 19.2 Å². The summed E-state index contributed by atoms with van der Waals surface area (Å²) < 4.78 is 5.50. The molecule has 0 saturated heterocycles. The van der Waals surface area contributed by atoms with Crippen LogP contribution in [-0.2, 0) is 17.6 Å². The van der Waals surface area contributed by atoms with Crippen LogP contribution >= 0.6 is 0 Å². The fraction of sp³-hybridized carbons (Fsp3) is 0.533. The number of hydrogen-bond acceptors (Lipinski definition) is 6. The first-order valence-electron chi connectivity index (χ1n) is 13.3. The molecule has 36 heavy (non-hydrogen) atoms. The van der Waals surface area contributed by atoms with Gasteiger partial charge < -0.3 is 9.63 Å². The van der Waals surface area contributed by atoms with E-state index in [1.165, 1.54) is 6.42 Å². The highest BCUT2D eigenvalue weighted by atomic mass is 16.5. The van der Waals surface area contributed by atoms with Crippen molar-refractivity contribution in [2.24, 2.45) is 10.4 Å². The maximum absolute atomic E-state index is 13.3. The minimum atomic E-state index is -0.142. The number of fused-ring (bicyclic) bond motifs is 1. The van der Waals surface area contributed by atoms with Crippen molar-refractivity contribution in [3.05, 3.63) is 64.2 Å². The predicted molar refractivity (Wildman–Crippen MR) is 141 cm³/mol. The molecule has 0 radical (unpaired) electrons. The van der Waals surface area contributed by atoms with Crippen LogP contribution in [0.15, 0.2) is 51.2 Å². The highest BCUT2D eigenvalue weighted by Crippen LogP contribution is 2.37. The Morgan fingerprint density at radius 2 is 1.86 bits per heavy atom. The van der Waals surface area contributed by atoms with E-state index in [-0.39, 0.29) is 35.1 Å². The van der Waals surface area contributed by atoms with Crippen LogP contribution in [-0.4, -0.2) is 34.1 Å². The van der Waals surface area contributed by atoms with Gasteiger partial charge in [0, 0.05) is 44.4 Å². The molecule has 4 rings (SSSR count). The maximum Gasteiger partial charge on any atom is 0.168 e. The third-order valence-corrected chi connectivity index (χ3v) is 7.30. The summed E-state index contributed by atoms with van der Waals surface area (Å²) in [5.41, 5.74) is 3.18. The van der Waals surface area contributed by atoms with Gasteiger partial charge in [0.05, 0.1) is 16.8 Å². The molecule has 2 aliphatic carbocycles. The topological polar surface area (TPSA) is 92.8 Å². The third kappa shape index (κ3) is 6.03. The van der Waals surface area contributed by atoms with Gasteiger partial charge in [-0.2, -0.15) is 0 Å². The summed E-state index contributed by atoms with van der Waals surface area (Å²) in [5.74, 6) is 0.706. The number of aliphatic hydroxyl groups is 1. The zero-order valence-corrected chi connectivity index (χ0v) is 21.8. The van der Waals surface area contributed by atoms with E-state index in [1.807, 2.05) is 32.0 Å². The molecule has 1 aromatic carbocycles. The van der Waals surface area contributed by atoms with Crippen molar-refractivity contribution in [1.82, 2.24) is 5.16 Å². The Labute approximate surface area is 213 Å². The Bertz CT molecular complexity index is 1160. The van der Waals surface area contributed by atoms with Gasteiger partial charge in [0.2, 0.25) is 0 Å². The molecule has 2 aromatic rings. The first-order valence-corrected chi connectivity index (χ1v) is 13.3. The second-order valence-corrected chi connectivity index (χ2v) is 11.0. The van der Waals surface area contributed by atoms with E-state index < -0.39 is 0 Å². The van der Waals surface area contributed by atoms with E-state index in [0.717, 1.165) is 24.8 Å². The van der Waals surface area contributed by atoms with Crippen LogP contribution in [0.3, 0.4) is 0 Å². The molecule has 1 unspecified atom stereocenters. The average molecular weight is 491 g/mol. The van der Waals surface area contributed by atoms with Crippen LogP contribution in [0, 0.1) is 5.41 Å². The van der Waals surface area contributed by atoms with Gasteiger partial charge in [-0.3, -0.25) is 14.6 Å². The second kappa shape index (κ2) is 11.4. The zero-order valence-electron chi connectivity index (χ0n) is 21.8. The number of Topliss-reactive ketones (excluding diaryl/α,β-unsaturated/α-hetero) is 2. The molecule has 1 heterocycles. The van der Waals surface area contributed by atoms with Crippen molar-refractivity contribution in [2.75, 3.05) is 6.54 Å². The molecule has 192 valence electrons. The van der Waals surface area contributed by atoms with Crippen LogP contribution < -0.4 is 0 Å². The van der Waals surface area contributed by atoms with Gasteiger partial charge in [-0.15, -0.1) is 0 Å². The number of rotatable bonds is 9. The Morgan fingerprint density at radius 1 is 1.08 bits per heavy atom. The van der Waals surface area contributed by atoms with Crippen LogP contribution in [0.4, 0.5) is 0 Å². The number of aromatic nitrogens is 1. The van der Waals surface area contributed by atoms with E-state index in [4.69, 9.17) is 9.52 Å². The Morgan fingerprint density at radius 3 is 2.61 bits per heavy atom. The van der Waals surface area contributed by atoms with Gasteiger partial charge in [0.25, 0.3) is 0 Å². The van der Waals surface area contributed by atoms with E-state index in [0.29, 0.717) is 67.0 Å². The number of ketones is 2. The average Bonchev–Trinajstić information content (AvgIpc) is 3.24. The lowest BCUT2D eigenvalue weighted by molar-refractivity contribution is -0.116. The monoisotopic (exact) mass is 490 g/mol. The van der Waals surface area contributed by atoms with Gasteiger partial charge in [-0.05, 0) is 29.7 Å². The number of hydrogen-bond donors (Lipinski definition) is 1. The minimum Gasteiger partial charge on any atom is -0.511 e. The fourth-order valence-electron chi connectivity index (χ4n) is 5.43. The zero-order chi connectivity index (χ0) is 25.7. The van der Waals surface area contributed by atoms with Crippen LogP contribution in [0.2, 0.25) is 0 Å². The summed E-state index contributed by atoms with van der Waals surface area (Å²) in [6.45, 7) is 6.93. The smallest absolute Gasteiger partial charge is 0.168 e. The van der Waals surface area contributed by atoms with Gasteiger partial charge in [0.1, 0.15) is 11.5 Å². The molecule has 0 aliphatic heterocycles. The fourth-order valence-corrected chi connectivity index (χ4v) is 5.43. The first kappa shape index (κ1) is 26.1. The van der Waals surface area contributed by atoms with Crippen LogP contribution in [0.25, 0.3) is 0 Å². The molecule has 6 nitrogen and oxygen atoms in total. The Hall–Kier alpha value is -3.02. The van der Waals surface area contributed by atoms with E-state index in [1.54, 1.807) is 0 Å². The predicted octanol–water partition coefficient (Wildman–Crippen LogP) is 6.74. The van der Waals surface area contributed by atoms with Crippen molar-refractivity contribution in [3.63, 3.8) is 0 Å². The summed E-state index contributed by atoms with van der Waals surface area (Å²) in [5, 5.41) is 15.3. The first-order chi connectivity index (χ1) is 17.3. The standard InChI is InChI=1S/C30H38N2O4/c1-4-5-6-10-15-31-23-16-21(20-11-8-7-9-12-20)17-25(34)28(23)24(33)14-13-22-29-26(35)18-30(2,3)19-27(29)36-32-22/h7-9,11-12,21,33H,4-6,10,13-19H2,1-3H3/b28-24+,31-23?. The van der Waals surface area contributed by atoms with Gasteiger partial charge in [-0.25, -0.2) is 0 Å². The highest BCUT2D eigenvalue weighted by molar-refractivity contribution is 6.24. The van der Waals surface area contributed by atoms with Crippen molar-refractivity contribution in [2.45, 2.75) is 90.9 Å². The number of allylic oxidation sites excluding steroid dienone is 2. The largest absolute Gasteiger partial charge is 0.511 e. The minimum absolute atomic E-state index is 0.0402. The molecule has 1 aromatic heterocycles.